The molecular weight excluding hydrogens is 354 g/mol. The Labute approximate surface area is 156 Å². The molecule has 7 nitrogen and oxygen atoms in total. The van der Waals surface area contributed by atoms with Crippen molar-refractivity contribution in [1.29, 1.82) is 0 Å². The van der Waals surface area contributed by atoms with Crippen LogP contribution >= 0.6 is 0 Å². The number of aryl methyl sites for hydroxylation is 1. The molecule has 0 atom stereocenters. The van der Waals surface area contributed by atoms with E-state index in [1.807, 2.05) is 25.1 Å². The normalized spacial score (nSPS) is 15.6. The van der Waals surface area contributed by atoms with E-state index in [4.69, 9.17) is 4.74 Å². The number of hydrogen-bond acceptors (Lipinski definition) is 5. The number of morpholine rings is 1. The van der Waals surface area contributed by atoms with E-state index in [0.717, 1.165) is 38.4 Å². The Morgan fingerprint density at radius 3 is 2.69 bits per heavy atom. The summed E-state index contributed by atoms with van der Waals surface area (Å²) >= 11 is 0. The number of amides is 1. The maximum atomic E-state index is 12.1. The molecule has 1 aliphatic heterocycles. The van der Waals surface area contributed by atoms with Gasteiger partial charge in [0, 0.05) is 39.1 Å². The third-order valence-corrected chi connectivity index (χ3v) is 5.50. The molecule has 26 heavy (non-hydrogen) atoms. The van der Waals surface area contributed by atoms with Crippen LogP contribution in [-0.4, -0.2) is 71.4 Å². The minimum atomic E-state index is -3.38. The second-order valence-corrected chi connectivity index (χ2v) is 8.49. The maximum absolute atomic E-state index is 12.1. The van der Waals surface area contributed by atoms with Crippen LogP contribution in [0.25, 0.3) is 0 Å². The van der Waals surface area contributed by atoms with Crippen molar-refractivity contribution in [3.05, 3.63) is 29.8 Å². The van der Waals surface area contributed by atoms with Crippen LogP contribution < -0.4 is 9.62 Å². The number of rotatable bonds is 9. The minimum Gasteiger partial charge on any atom is -0.379 e. The van der Waals surface area contributed by atoms with Crippen molar-refractivity contribution in [1.82, 2.24) is 10.2 Å². The van der Waals surface area contributed by atoms with Gasteiger partial charge < -0.3 is 10.1 Å². The van der Waals surface area contributed by atoms with Gasteiger partial charge in [-0.2, -0.15) is 0 Å². The minimum absolute atomic E-state index is 0.0454. The van der Waals surface area contributed by atoms with E-state index in [0.29, 0.717) is 31.6 Å². The van der Waals surface area contributed by atoms with Gasteiger partial charge in [-0.25, -0.2) is 8.42 Å². The highest BCUT2D eigenvalue weighted by Crippen LogP contribution is 2.19. The summed E-state index contributed by atoms with van der Waals surface area (Å²) in [5.41, 5.74) is 1.64. The average Bonchev–Trinajstić information content (AvgIpc) is 2.58. The van der Waals surface area contributed by atoms with E-state index >= 15 is 0 Å². The predicted molar refractivity (Wildman–Crippen MR) is 103 cm³/mol. The lowest BCUT2D eigenvalue weighted by atomic mass is 10.2. The van der Waals surface area contributed by atoms with Gasteiger partial charge in [0.1, 0.15) is 0 Å². The van der Waals surface area contributed by atoms with E-state index in [2.05, 4.69) is 10.2 Å². The van der Waals surface area contributed by atoms with Gasteiger partial charge in [-0.1, -0.05) is 12.1 Å². The first-order valence-corrected chi connectivity index (χ1v) is 10.8. The van der Waals surface area contributed by atoms with Crippen molar-refractivity contribution in [2.45, 2.75) is 19.8 Å². The predicted octanol–water partition coefficient (Wildman–Crippen LogP) is 0.990. The van der Waals surface area contributed by atoms with Gasteiger partial charge in [0.25, 0.3) is 0 Å². The monoisotopic (exact) mass is 383 g/mol. The lowest BCUT2D eigenvalue weighted by Crippen LogP contribution is -2.41. The fourth-order valence-electron chi connectivity index (χ4n) is 2.92. The zero-order valence-corrected chi connectivity index (χ0v) is 16.4. The molecular formula is C18H29N3O4S. The molecule has 0 unspecified atom stereocenters. The number of nitrogens with zero attached hydrogens (tertiary/aromatic N) is 2. The van der Waals surface area contributed by atoms with Gasteiger partial charge in [-0.3, -0.25) is 14.0 Å². The quantitative estimate of drug-likeness (QED) is 0.688. The summed E-state index contributed by atoms with van der Waals surface area (Å²) in [7, 11) is -3.38. The van der Waals surface area contributed by atoms with Crippen LogP contribution in [0.5, 0.6) is 0 Å². The van der Waals surface area contributed by atoms with Crippen molar-refractivity contribution in [2.75, 3.05) is 56.5 Å². The molecule has 8 heteroatoms. The van der Waals surface area contributed by atoms with Crippen LogP contribution in [0.4, 0.5) is 5.69 Å². The summed E-state index contributed by atoms with van der Waals surface area (Å²) < 4.78 is 30.8. The highest BCUT2D eigenvalue weighted by Gasteiger charge is 2.17. The van der Waals surface area contributed by atoms with Crippen LogP contribution in [0, 0.1) is 6.92 Å². The number of carbonyl (C=O) groups excluding carboxylic acids is 1. The van der Waals surface area contributed by atoms with Crippen molar-refractivity contribution in [3.8, 4) is 0 Å². The number of carbonyl (C=O) groups is 1. The third kappa shape index (κ3) is 6.93. The zero-order valence-electron chi connectivity index (χ0n) is 15.6. The Balaban J connectivity index is 1.75. The molecule has 0 spiro atoms. The van der Waals surface area contributed by atoms with Crippen molar-refractivity contribution in [2.24, 2.45) is 0 Å². The summed E-state index contributed by atoms with van der Waals surface area (Å²) in [5, 5.41) is 2.90. The summed E-state index contributed by atoms with van der Waals surface area (Å²) in [6.07, 6.45) is 1.98. The van der Waals surface area contributed by atoms with Crippen LogP contribution in [-0.2, 0) is 19.6 Å². The summed E-state index contributed by atoms with van der Waals surface area (Å²) in [4.78, 5) is 14.2. The molecule has 0 aliphatic carbocycles. The first-order valence-electron chi connectivity index (χ1n) is 8.97. The summed E-state index contributed by atoms with van der Waals surface area (Å²) in [6, 6.07) is 7.37. The van der Waals surface area contributed by atoms with Crippen molar-refractivity contribution in [3.63, 3.8) is 0 Å². The van der Waals surface area contributed by atoms with Crippen LogP contribution in [0.1, 0.15) is 18.4 Å². The molecule has 2 rings (SSSR count). The average molecular weight is 384 g/mol. The number of hydrogen-bond donors (Lipinski definition) is 1. The van der Waals surface area contributed by atoms with E-state index in [9.17, 15) is 13.2 Å². The second-order valence-electron chi connectivity index (χ2n) is 6.58. The summed E-state index contributed by atoms with van der Waals surface area (Å²) in [5.74, 6) is -0.0454. The lowest BCUT2D eigenvalue weighted by Gasteiger charge is -2.26. The number of ether oxygens (including phenoxy) is 1. The lowest BCUT2D eigenvalue weighted by molar-refractivity contribution is -0.121. The molecule has 1 aliphatic rings. The standard InChI is InChI=1S/C18H29N3O4S/c1-16-5-3-6-17(15-16)21(26(2,23)24)9-4-7-18(22)19-8-10-20-11-13-25-14-12-20/h3,5-6,15H,4,7-14H2,1-2H3,(H,19,22). The molecule has 1 aromatic carbocycles. The second kappa shape index (κ2) is 9.89. The number of nitrogens with one attached hydrogen (secondary N) is 1. The van der Waals surface area contributed by atoms with E-state index in [1.54, 1.807) is 6.07 Å². The number of sulfonamides is 1. The summed E-state index contributed by atoms with van der Waals surface area (Å²) in [6.45, 7) is 6.92. The fraction of sp³-hybridized carbons (Fsp3) is 0.611. The first kappa shape index (κ1) is 20.7. The topological polar surface area (TPSA) is 79.0 Å². The van der Waals surface area contributed by atoms with E-state index in [-0.39, 0.29) is 5.91 Å². The van der Waals surface area contributed by atoms with Gasteiger partial charge in [-0.05, 0) is 31.0 Å². The SMILES string of the molecule is Cc1cccc(N(CCCC(=O)NCCN2CCOCC2)S(C)(=O)=O)c1. The van der Waals surface area contributed by atoms with Crippen LogP contribution in [0.3, 0.4) is 0 Å². The van der Waals surface area contributed by atoms with Gasteiger partial charge >= 0.3 is 0 Å². The molecule has 1 aromatic rings. The molecule has 1 saturated heterocycles. The smallest absolute Gasteiger partial charge is 0.232 e. The molecule has 0 saturated carbocycles. The molecule has 1 fully saturated rings. The van der Waals surface area contributed by atoms with Crippen LogP contribution in [0.15, 0.2) is 24.3 Å². The Kier molecular flexibility index (Phi) is 7.86. The fourth-order valence-corrected chi connectivity index (χ4v) is 3.88. The zero-order chi connectivity index (χ0) is 19.0. The third-order valence-electron chi connectivity index (χ3n) is 4.31. The van der Waals surface area contributed by atoms with Crippen LogP contribution in [0.2, 0.25) is 0 Å². The molecule has 1 heterocycles. The van der Waals surface area contributed by atoms with Gasteiger partial charge in [0.2, 0.25) is 15.9 Å². The largest absolute Gasteiger partial charge is 0.379 e. The van der Waals surface area contributed by atoms with Gasteiger partial charge in [0.15, 0.2) is 0 Å². The highest BCUT2D eigenvalue weighted by molar-refractivity contribution is 7.92. The number of benzene rings is 1. The molecule has 0 radical (unpaired) electrons. The first-order chi connectivity index (χ1) is 12.4. The van der Waals surface area contributed by atoms with E-state index in [1.165, 1.54) is 10.6 Å². The van der Waals surface area contributed by atoms with Crippen molar-refractivity contribution < 1.29 is 17.9 Å². The Bertz CT molecular complexity index is 687. The molecule has 0 bridgehead atoms. The van der Waals surface area contributed by atoms with E-state index < -0.39 is 10.0 Å². The van der Waals surface area contributed by atoms with Gasteiger partial charge in [-0.15, -0.1) is 0 Å². The van der Waals surface area contributed by atoms with Gasteiger partial charge in [0.05, 0.1) is 25.2 Å². The molecule has 146 valence electrons. The molecule has 1 N–H and O–H groups in total. The molecule has 1 amide bonds. The van der Waals surface area contributed by atoms with Crippen molar-refractivity contribution >= 4 is 21.6 Å². The Hall–Kier alpha value is -1.64. The number of anilines is 1. The highest BCUT2D eigenvalue weighted by atomic mass is 32.2. The maximum Gasteiger partial charge on any atom is 0.232 e. The Morgan fingerprint density at radius 2 is 2.04 bits per heavy atom. The molecule has 0 aromatic heterocycles. The Morgan fingerprint density at radius 1 is 1.31 bits per heavy atom.